The molecule has 0 saturated carbocycles. The van der Waals surface area contributed by atoms with Crippen molar-refractivity contribution in [2.75, 3.05) is 23.3 Å². The Morgan fingerprint density at radius 2 is 1.38 bits per heavy atom. The number of aliphatic hydroxyl groups excluding tert-OH is 1. The first-order valence-electron chi connectivity index (χ1n) is 15.5. The number of pyridine rings is 2. The Morgan fingerprint density at radius 1 is 0.702 bits per heavy atom. The molecule has 0 amide bonds. The Morgan fingerprint density at radius 3 is 2.15 bits per heavy atom. The van der Waals surface area contributed by atoms with E-state index in [0.717, 1.165) is 38.8 Å². The number of hydrogen-bond donors (Lipinski definition) is 2. The van der Waals surface area contributed by atoms with Gasteiger partial charge in [0.05, 0.1) is 22.8 Å². The summed E-state index contributed by atoms with van der Waals surface area (Å²) in [4.78, 5) is 30.1. The van der Waals surface area contributed by atoms with Gasteiger partial charge >= 0.3 is 0 Å². The molecule has 8 rings (SSSR count). The summed E-state index contributed by atoms with van der Waals surface area (Å²) < 4.78 is 15.8. The van der Waals surface area contributed by atoms with Crippen LogP contribution in [0.1, 0.15) is 12.8 Å². The van der Waals surface area contributed by atoms with Gasteiger partial charge in [-0.2, -0.15) is 0 Å². The van der Waals surface area contributed by atoms with Crippen LogP contribution in [-0.2, 0) is 0 Å². The predicted octanol–water partition coefficient (Wildman–Crippen LogP) is 7.21. The minimum Gasteiger partial charge on any atom is -0.393 e. The van der Waals surface area contributed by atoms with Crippen LogP contribution in [0.3, 0.4) is 0 Å². The average molecular weight is 621 g/mol. The summed E-state index contributed by atoms with van der Waals surface area (Å²) in [5.74, 6) is 2.06. The van der Waals surface area contributed by atoms with Gasteiger partial charge in [-0.25, -0.2) is 24.3 Å². The standard InChI is InChI=1S/C37H29FN8O/c38-30-22-25(41-36-28-5-1-3-7-31(28)42-34(44-36)23-11-16-39-17-12-23)9-10-27(30)33-21-24(13-18-40-33)35-43-32-8-4-2-6-29(32)37(45-35)46-19-14-26(47)15-20-46/h1-13,16-18,21-22,26,47H,14-15,19-20H2,(H,41,42,44). The van der Waals surface area contributed by atoms with Crippen molar-refractivity contribution >= 4 is 39.1 Å². The van der Waals surface area contributed by atoms with Crippen LogP contribution in [-0.4, -0.2) is 54.2 Å². The molecule has 230 valence electrons. The van der Waals surface area contributed by atoms with Crippen LogP contribution >= 0.6 is 0 Å². The van der Waals surface area contributed by atoms with Crippen molar-refractivity contribution < 1.29 is 9.50 Å². The largest absolute Gasteiger partial charge is 0.393 e. The van der Waals surface area contributed by atoms with Gasteiger partial charge in [-0.05, 0) is 79.6 Å². The molecule has 2 N–H and O–H groups in total. The maximum Gasteiger partial charge on any atom is 0.162 e. The summed E-state index contributed by atoms with van der Waals surface area (Å²) in [5, 5.41) is 15.1. The fourth-order valence-corrected chi connectivity index (χ4v) is 5.96. The van der Waals surface area contributed by atoms with Crippen LogP contribution in [0.15, 0.2) is 110 Å². The molecule has 10 heteroatoms. The molecule has 1 aliphatic rings. The summed E-state index contributed by atoms with van der Waals surface area (Å²) in [6.45, 7) is 1.43. The molecule has 0 bridgehead atoms. The topological polar surface area (TPSA) is 113 Å². The first-order chi connectivity index (χ1) is 23.1. The third-order valence-electron chi connectivity index (χ3n) is 8.41. The summed E-state index contributed by atoms with van der Waals surface area (Å²) in [6.07, 6.45) is 6.14. The van der Waals surface area contributed by atoms with Gasteiger partial charge < -0.3 is 15.3 Å². The molecule has 4 aromatic heterocycles. The molecule has 5 heterocycles. The van der Waals surface area contributed by atoms with Crippen molar-refractivity contribution in [3.8, 4) is 34.0 Å². The van der Waals surface area contributed by atoms with Crippen LogP contribution in [0.2, 0.25) is 0 Å². The van der Waals surface area contributed by atoms with Crippen LogP contribution in [0.4, 0.5) is 21.7 Å². The lowest BCUT2D eigenvalue weighted by atomic mass is 10.1. The van der Waals surface area contributed by atoms with E-state index in [0.29, 0.717) is 60.3 Å². The highest BCUT2D eigenvalue weighted by atomic mass is 19.1. The number of nitrogens with one attached hydrogen (secondary N) is 1. The number of para-hydroxylation sites is 2. The van der Waals surface area contributed by atoms with E-state index in [9.17, 15) is 5.11 Å². The Kier molecular flexibility index (Phi) is 7.39. The van der Waals surface area contributed by atoms with E-state index in [-0.39, 0.29) is 6.10 Å². The Labute approximate surface area is 269 Å². The number of hydrogen-bond acceptors (Lipinski definition) is 9. The molecule has 3 aromatic carbocycles. The molecule has 1 saturated heterocycles. The maximum atomic E-state index is 15.8. The first-order valence-corrected chi connectivity index (χ1v) is 15.5. The summed E-state index contributed by atoms with van der Waals surface area (Å²) in [7, 11) is 0. The third-order valence-corrected chi connectivity index (χ3v) is 8.41. The number of rotatable bonds is 6. The highest BCUT2D eigenvalue weighted by Gasteiger charge is 2.22. The van der Waals surface area contributed by atoms with Crippen molar-refractivity contribution in [2.45, 2.75) is 18.9 Å². The Bertz CT molecular complexity index is 2240. The number of benzene rings is 3. The number of aromatic nitrogens is 6. The first kappa shape index (κ1) is 28.6. The van der Waals surface area contributed by atoms with Crippen molar-refractivity contribution in [3.63, 3.8) is 0 Å². The van der Waals surface area contributed by atoms with Crippen molar-refractivity contribution in [1.82, 2.24) is 29.9 Å². The number of aliphatic hydroxyl groups is 1. The molecule has 7 aromatic rings. The third kappa shape index (κ3) is 5.70. The Balaban J connectivity index is 1.12. The highest BCUT2D eigenvalue weighted by Crippen LogP contribution is 2.33. The molecule has 0 radical (unpaired) electrons. The van der Waals surface area contributed by atoms with Gasteiger partial charge in [0, 0.05) is 64.8 Å². The van der Waals surface area contributed by atoms with Gasteiger partial charge in [-0.15, -0.1) is 0 Å². The van der Waals surface area contributed by atoms with Gasteiger partial charge in [-0.3, -0.25) is 9.97 Å². The SMILES string of the molecule is OC1CCN(c2nc(-c3ccnc(-c4ccc(Nc5nc(-c6ccncc6)nc6ccccc56)cc4F)c3)nc3ccccc23)CC1. The minimum atomic E-state index is -0.431. The van der Waals surface area contributed by atoms with Crippen LogP contribution in [0.25, 0.3) is 55.8 Å². The van der Waals surface area contributed by atoms with Crippen molar-refractivity contribution in [1.29, 1.82) is 0 Å². The van der Waals surface area contributed by atoms with E-state index in [1.54, 1.807) is 24.7 Å². The number of halogens is 1. The minimum absolute atomic E-state index is 0.289. The number of fused-ring (bicyclic) bond motifs is 2. The zero-order valence-corrected chi connectivity index (χ0v) is 25.3. The molecule has 1 fully saturated rings. The summed E-state index contributed by atoms with van der Waals surface area (Å²) in [5.41, 5.74) is 4.53. The van der Waals surface area contributed by atoms with Crippen molar-refractivity contribution in [2.24, 2.45) is 0 Å². The van der Waals surface area contributed by atoms with E-state index in [4.69, 9.17) is 19.9 Å². The van der Waals surface area contributed by atoms with E-state index in [1.807, 2.05) is 78.9 Å². The average Bonchev–Trinajstić information content (AvgIpc) is 3.12. The fraction of sp³-hybridized carbons (Fsp3) is 0.135. The molecular weight excluding hydrogens is 591 g/mol. The molecule has 0 aliphatic carbocycles. The number of anilines is 3. The van der Waals surface area contributed by atoms with Gasteiger partial charge in [0.15, 0.2) is 11.6 Å². The zero-order chi connectivity index (χ0) is 31.7. The smallest absolute Gasteiger partial charge is 0.162 e. The predicted molar refractivity (Wildman–Crippen MR) is 182 cm³/mol. The molecule has 1 aliphatic heterocycles. The molecule has 9 nitrogen and oxygen atoms in total. The highest BCUT2D eigenvalue weighted by molar-refractivity contribution is 5.93. The van der Waals surface area contributed by atoms with Gasteiger partial charge in [0.1, 0.15) is 17.5 Å². The second kappa shape index (κ2) is 12.1. The molecular formula is C37H29FN8O. The summed E-state index contributed by atoms with van der Waals surface area (Å²) >= 11 is 0. The molecule has 0 unspecified atom stereocenters. The molecule has 0 atom stereocenters. The normalized spacial score (nSPS) is 13.7. The van der Waals surface area contributed by atoms with Gasteiger partial charge in [-0.1, -0.05) is 24.3 Å². The van der Waals surface area contributed by atoms with Crippen LogP contribution in [0.5, 0.6) is 0 Å². The quantitative estimate of drug-likeness (QED) is 0.199. The second-order valence-corrected chi connectivity index (χ2v) is 11.5. The van der Waals surface area contributed by atoms with Crippen molar-refractivity contribution in [3.05, 3.63) is 115 Å². The monoisotopic (exact) mass is 620 g/mol. The number of nitrogens with zero attached hydrogens (tertiary/aromatic N) is 7. The van der Waals surface area contributed by atoms with E-state index in [2.05, 4.69) is 20.2 Å². The van der Waals surface area contributed by atoms with E-state index in [1.165, 1.54) is 6.07 Å². The Hall–Kier alpha value is -5.87. The summed E-state index contributed by atoms with van der Waals surface area (Å²) in [6, 6.07) is 28.0. The fourth-order valence-electron chi connectivity index (χ4n) is 5.96. The molecule has 0 spiro atoms. The lowest BCUT2D eigenvalue weighted by molar-refractivity contribution is 0.145. The second-order valence-electron chi connectivity index (χ2n) is 11.5. The zero-order valence-electron chi connectivity index (χ0n) is 25.3. The van der Waals surface area contributed by atoms with Crippen LogP contribution < -0.4 is 10.2 Å². The van der Waals surface area contributed by atoms with Crippen LogP contribution in [0, 0.1) is 5.82 Å². The lowest BCUT2D eigenvalue weighted by Crippen LogP contribution is -2.36. The molecule has 47 heavy (non-hydrogen) atoms. The van der Waals surface area contributed by atoms with E-state index < -0.39 is 5.82 Å². The lowest BCUT2D eigenvalue weighted by Gasteiger charge is -2.31. The number of piperidine rings is 1. The maximum absolute atomic E-state index is 15.8. The van der Waals surface area contributed by atoms with Gasteiger partial charge in [0.25, 0.3) is 0 Å². The van der Waals surface area contributed by atoms with Gasteiger partial charge in [0.2, 0.25) is 0 Å². The van der Waals surface area contributed by atoms with E-state index >= 15 is 4.39 Å².